The zero-order valence-electron chi connectivity index (χ0n) is 3.98. The molecule has 0 radical (unpaired) electrons. The Kier molecular flexibility index (Phi) is 8.13. The van der Waals surface area contributed by atoms with E-state index in [9.17, 15) is 0 Å². The maximum absolute atomic E-state index is 4.89. The largest absolute Gasteiger partial charge is 0.214 e. The van der Waals surface area contributed by atoms with Gasteiger partial charge in [-0.05, 0) is 0 Å². The molecule has 0 atom stereocenters. The topological polar surface area (TPSA) is 0 Å². The van der Waals surface area contributed by atoms with Crippen LogP contribution in [0, 0.1) is 0 Å². The van der Waals surface area contributed by atoms with E-state index < -0.39 is 15.7 Å². The molecule has 3 heteroatoms. The first kappa shape index (κ1) is 8.58. The molecule has 8 heavy (non-hydrogen) atoms. The molecule has 0 bridgehead atoms. The Bertz CT molecular complexity index is 77.3. The quantitative estimate of drug-likeness (QED) is 0.643. The van der Waals surface area contributed by atoms with Crippen LogP contribution in [0.15, 0.2) is 30.3 Å². The number of hydrogen-bond acceptors (Lipinski definition) is 0. The van der Waals surface area contributed by atoms with Gasteiger partial charge in [0, 0.05) is 0 Å². The summed E-state index contributed by atoms with van der Waals surface area (Å²) in [4.78, 5) is 0. The van der Waals surface area contributed by atoms with Gasteiger partial charge < -0.3 is 0 Å². The van der Waals surface area contributed by atoms with Crippen LogP contribution in [0.4, 0.5) is 0 Å². The maximum Gasteiger partial charge on any atom is -0.172 e. The molecule has 0 aromatic heterocycles. The molecule has 0 saturated heterocycles. The molecule has 0 aliphatic rings. The van der Waals surface area contributed by atoms with Gasteiger partial charge in [0.15, 0.2) is 0 Å². The molecule has 0 spiro atoms. The van der Waals surface area contributed by atoms with Gasteiger partial charge in [-0.3, -0.25) is 0 Å². The van der Waals surface area contributed by atoms with Gasteiger partial charge in [-0.1, -0.05) is 0 Å². The van der Waals surface area contributed by atoms with Gasteiger partial charge in [0.05, 0.1) is 0 Å². The van der Waals surface area contributed by atoms with E-state index in [0.717, 1.165) is 0 Å². The summed E-state index contributed by atoms with van der Waals surface area (Å²) in [5.41, 5.74) is 0. The van der Waals surface area contributed by atoms with E-state index in [1.807, 2.05) is 30.3 Å². The van der Waals surface area contributed by atoms with Crippen molar-refractivity contribution in [1.82, 2.24) is 0 Å². The summed E-state index contributed by atoms with van der Waals surface area (Å²) in [6, 6.07) is 10.0. The van der Waals surface area contributed by atoms with Crippen LogP contribution in [0.25, 0.3) is 0 Å². The van der Waals surface area contributed by atoms with Crippen LogP contribution in [0.2, 0.25) is 0 Å². The molecule has 1 rings (SSSR count). The van der Waals surface area contributed by atoms with Gasteiger partial charge in [-0.2, -0.15) is 18.2 Å². The van der Waals surface area contributed by atoms with Gasteiger partial charge in [0.1, 0.15) is 0 Å². The molecule has 1 aromatic rings. The van der Waals surface area contributed by atoms with E-state index in [-0.39, 0.29) is 0 Å². The minimum absolute atomic E-state index is 0.556. The van der Waals surface area contributed by atoms with E-state index in [4.69, 9.17) is 19.2 Å². The molecule has 1 aromatic carbocycles. The van der Waals surface area contributed by atoms with Crippen molar-refractivity contribution in [3.8, 4) is 0 Å². The number of rotatable bonds is 0. The van der Waals surface area contributed by atoms with Crippen molar-refractivity contribution in [3.05, 3.63) is 30.3 Å². The summed E-state index contributed by atoms with van der Waals surface area (Å²) in [7, 11) is 9.78. The van der Waals surface area contributed by atoms with E-state index in [1.54, 1.807) is 0 Å². The fraction of sp³-hybridized carbons (Fsp3) is 0. The zero-order chi connectivity index (χ0) is 6.24. The molecule has 48 valence electrons. The first-order valence-corrected chi connectivity index (χ1v) is 7.85. The second-order valence-corrected chi connectivity index (χ2v) is 4.47. The normalized spacial score (nSPS) is 7.75. The predicted octanol–water partition coefficient (Wildman–Crippen LogP) is 2.78. The van der Waals surface area contributed by atoms with Crippen LogP contribution in [-0.2, 0) is 15.7 Å². The van der Waals surface area contributed by atoms with Crippen molar-refractivity contribution in [1.29, 1.82) is 0 Å². The fourth-order valence-corrected chi connectivity index (χ4v) is 0.321. The van der Waals surface area contributed by atoms with Gasteiger partial charge in [-0.15, -0.1) is 0 Å². The molecular weight excluding hydrogens is 323 g/mol. The van der Waals surface area contributed by atoms with Gasteiger partial charge >= 0.3 is 34.8 Å². The molecule has 0 aliphatic carbocycles. The van der Waals surface area contributed by atoms with Crippen LogP contribution in [0.3, 0.4) is 0 Å². The first-order valence-electron chi connectivity index (χ1n) is 1.92. The standard InChI is InChI=1S/C5H5.2ClH.Ir/c1-2-4-5-3-1;;;/h1-5H;2*1H;/q-1;;;+3/p-2. The second kappa shape index (κ2) is 7.58. The number of halogens is 2. The molecule has 0 heterocycles. The monoisotopic (exact) mass is 328 g/mol. The van der Waals surface area contributed by atoms with Crippen molar-refractivity contribution >= 4 is 19.2 Å². The van der Waals surface area contributed by atoms with Crippen molar-refractivity contribution < 1.29 is 15.7 Å². The zero-order valence-corrected chi connectivity index (χ0v) is 7.88. The third-order valence-electron chi connectivity index (χ3n) is 0.556. The van der Waals surface area contributed by atoms with Crippen molar-refractivity contribution in [2.24, 2.45) is 0 Å². The Morgan fingerprint density at radius 2 is 1.50 bits per heavy atom. The van der Waals surface area contributed by atoms with Crippen molar-refractivity contribution in [3.63, 3.8) is 0 Å². The van der Waals surface area contributed by atoms with Crippen LogP contribution in [0.1, 0.15) is 0 Å². The average Bonchev–Trinajstić information content (AvgIpc) is 2.17. The van der Waals surface area contributed by atoms with E-state index in [0.29, 0.717) is 0 Å². The summed E-state index contributed by atoms with van der Waals surface area (Å²) in [5.74, 6) is 0. The Hall–Kier alpha value is 0.579. The Morgan fingerprint density at radius 3 is 1.62 bits per heavy atom. The van der Waals surface area contributed by atoms with Gasteiger partial charge in [0.25, 0.3) is 0 Å². The average molecular weight is 328 g/mol. The van der Waals surface area contributed by atoms with Crippen LogP contribution < -0.4 is 0 Å². The SMILES string of the molecule is [Cl][Ir+][Cl].c1cc[cH-]c1. The summed E-state index contributed by atoms with van der Waals surface area (Å²) in [5, 5.41) is 0. The van der Waals surface area contributed by atoms with Gasteiger partial charge in [-0.25, -0.2) is 12.1 Å². The maximum atomic E-state index is 4.89. The molecule has 0 amide bonds. The summed E-state index contributed by atoms with van der Waals surface area (Å²) >= 11 is -0.556. The molecule has 0 unspecified atom stereocenters. The summed E-state index contributed by atoms with van der Waals surface area (Å²) in [6.45, 7) is 0. The van der Waals surface area contributed by atoms with Crippen molar-refractivity contribution in [2.75, 3.05) is 0 Å². The molecule has 0 fully saturated rings. The van der Waals surface area contributed by atoms with Crippen molar-refractivity contribution in [2.45, 2.75) is 0 Å². The molecule has 0 saturated carbocycles. The predicted molar refractivity (Wildman–Crippen MR) is 33.7 cm³/mol. The Morgan fingerprint density at radius 1 is 1.12 bits per heavy atom. The third kappa shape index (κ3) is 6.58. The van der Waals surface area contributed by atoms with Gasteiger partial charge in [0.2, 0.25) is 0 Å². The third-order valence-corrected chi connectivity index (χ3v) is 0.556. The number of hydrogen-bond donors (Lipinski definition) is 0. The van der Waals surface area contributed by atoms with Crippen LogP contribution in [-0.4, -0.2) is 0 Å². The fourth-order valence-electron chi connectivity index (χ4n) is 0.321. The summed E-state index contributed by atoms with van der Waals surface area (Å²) in [6.07, 6.45) is 0. The minimum atomic E-state index is -0.556. The molecule has 0 nitrogen and oxygen atoms in total. The van der Waals surface area contributed by atoms with Crippen LogP contribution in [0.5, 0.6) is 0 Å². The molecule has 0 N–H and O–H groups in total. The first-order chi connectivity index (χ1) is 3.91. The van der Waals surface area contributed by atoms with Crippen LogP contribution >= 0.6 is 19.2 Å². The molecular formula is C5H5Cl2Ir. The summed E-state index contributed by atoms with van der Waals surface area (Å²) < 4.78 is 0. The Balaban J connectivity index is 0.000000145. The Labute approximate surface area is 65.1 Å². The second-order valence-electron chi connectivity index (χ2n) is 1.01. The van der Waals surface area contributed by atoms with E-state index in [2.05, 4.69) is 0 Å². The minimum Gasteiger partial charge on any atom is -0.214 e. The molecule has 0 aliphatic heterocycles. The smallest absolute Gasteiger partial charge is 0.172 e. The van der Waals surface area contributed by atoms with E-state index >= 15 is 0 Å². The van der Waals surface area contributed by atoms with E-state index in [1.165, 1.54) is 0 Å².